The average molecular weight is 276 g/mol. The smallest absolute Gasteiger partial charge is 0.0874 e. The van der Waals surface area contributed by atoms with E-state index in [1.54, 1.807) is 10.9 Å². The highest BCUT2D eigenvalue weighted by Crippen LogP contribution is 2.24. The van der Waals surface area contributed by atoms with Gasteiger partial charge in [0, 0.05) is 11.5 Å². The molecule has 2 N–H and O–H groups in total. The Labute approximate surface area is 116 Å². The highest BCUT2D eigenvalue weighted by atomic mass is 32.2. The zero-order chi connectivity index (χ0) is 13.1. The quantitative estimate of drug-likeness (QED) is 0.918. The summed E-state index contributed by atoms with van der Waals surface area (Å²) in [5, 5.41) is 8.11. The third-order valence-electron chi connectivity index (χ3n) is 3.16. The van der Waals surface area contributed by atoms with E-state index in [9.17, 15) is 0 Å². The minimum absolute atomic E-state index is 0.0275. The van der Waals surface area contributed by atoms with Gasteiger partial charge >= 0.3 is 0 Å². The monoisotopic (exact) mass is 276 g/mol. The Hall–Kier alpha value is -1.37. The molecule has 2 unspecified atom stereocenters. The van der Waals surface area contributed by atoms with E-state index in [1.807, 2.05) is 42.1 Å². The van der Waals surface area contributed by atoms with Crippen LogP contribution in [0.25, 0.3) is 5.69 Å². The van der Waals surface area contributed by atoms with Crippen LogP contribution in [0.15, 0.2) is 36.5 Å². The molecule has 0 aliphatic carbocycles. The summed E-state index contributed by atoms with van der Waals surface area (Å²) in [6.07, 6.45) is 1.75. The first-order valence-electron chi connectivity index (χ1n) is 6.27. The number of benzene rings is 1. The lowest BCUT2D eigenvalue weighted by atomic mass is 10.1. The van der Waals surface area contributed by atoms with Crippen LogP contribution < -0.4 is 5.73 Å². The van der Waals surface area contributed by atoms with Gasteiger partial charge in [-0.1, -0.05) is 23.4 Å². The molecule has 0 amide bonds. The van der Waals surface area contributed by atoms with E-state index in [1.165, 1.54) is 0 Å². The number of hydrogen-bond donors (Lipinski definition) is 1. The molecular weight excluding hydrogens is 260 g/mol. The Kier molecular flexibility index (Phi) is 3.82. The van der Waals surface area contributed by atoms with E-state index in [2.05, 4.69) is 10.3 Å². The molecule has 0 bridgehead atoms. The van der Waals surface area contributed by atoms with E-state index in [-0.39, 0.29) is 12.1 Å². The van der Waals surface area contributed by atoms with Crippen LogP contribution in [-0.2, 0) is 4.74 Å². The second kappa shape index (κ2) is 5.73. The molecule has 1 aromatic heterocycles. The van der Waals surface area contributed by atoms with Gasteiger partial charge in [0.15, 0.2) is 0 Å². The van der Waals surface area contributed by atoms with Crippen LogP contribution in [0.4, 0.5) is 0 Å². The predicted octanol–water partition coefficient (Wildman–Crippen LogP) is 1.40. The SMILES string of the molecule is NC(c1cnnn1-c1ccccc1)C1CSCCO1. The molecule has 2 atom stereocenters. The molecule has 6 heteroatoms. The molecule has 1 aromatic carbocycles. The lowest BCUT2D eigenvalue weighted by molar-refractivity contribution is 0.0554. The van der Waals surface area contributed by atoms with Crippen LogP contribution in [0, 0.1) is 0 Å². The normalized spacial score (nSPS) is 21.2. The number of thioether (sulfide) groups is 1. The maximum Gasteiger partial charge on any atom is 0.0874 e. The van der Waals surface area contributed by atoms with Gasteiger partial charge in [-0.05, 0) is 12.1 Å². The molecule has 2 aromatic rings. The third kappa shape index (κ3) is 2.65. The molecule has 0 spiro atoms. The molecule has 0 radical (unpaired) electrons. The highest BCUT2D eigenvalue weighted by molar-refractivity contribution is 7.99. The van der Waals surface area contributed by atoms with E-state index in [4.69, 9.17) is 10.5 Å². The fourth-order valence-electron chi connectivity index (χ4n) is 2.14. The van der Waals surface area contributed by atoms with Crippen molar-refractivity contribution in [2.24, 2.45) is 5.73 Å². The molecule has 1 aliphatic rings. The third-order valence-corrected chi connectivity index (χ3v) is 4.18. The predicted molar refractivity (Wildman–Crippen MR) is 75.4 cm³/mol. The Morgan fingerprint density at radius 2 is 2.21 bits per heavy atom. The van der Waals surface area contributed by atoms with Gasteiger partial charge in [0.25, 0.3) is 0 Å². The van der Waals surface area contributed by atoms with Gasteiger partial charge in [-0.2, -0.15) is 11.8 Å². The number of ether oxygens (including phenoxy) is 1. The van der Waals surface area contributed by atoms with Crippen LogP contribution in [0.1, 0.15) is 11.7 Å². The number of aromatic nitrogens is 3. The van der Waals surface area contributed by atoms with Crippen molar-refractivity contribution < 1.29 is 4.74 Å². The summed E-state index contributed by atoms with van der Waals surface area (Å²) in [5.74, 6) is 1.96. The standard InChI is InChI=1S/C13H16N4OS/c14-13(12-9-19-7-6-18-12)11-8-15-16-17(11)10-4-2-1-3-5-10/h1-5,8,12-13H,6-7,9,14H2. The fraction of sp³-hybridized carbons (Fsp3) is 0.385. The summed E-state index contributed by atoms with van der Waals surface area (Å²) >= 11 is 1.88. The Morgan fingerprint density at radius 3 is 2.95 bits per heavy atom. The lowest BCUT2D eigenvalue weighted by Gasteiger charge is -2.27. The van der Waals surface area contributed by atoms with Crippen LogP contribution in [0.2, 0.25) is 0 Å². The van der Waals surface area contributed by atoms with Gasteiger partial charge in [-0.3, -0.25) is 0 Å². The summed E-state index contributed by atoms with van der Waals surface area (Å²) < 4.78 is 7.52. The van der Waals surface area contributed by atoms with Crippen LogP contribution in [-0.4, -0.2) is 39.2 Å². The van der Waals surface area contributed by atoms with Crippen molar-refractivity contribution in [1.82, 2.24) is 15.0 Å². The highest BCUT2D eigenvalue weighted by Gasteiger charge is 2.26. The first-order valence-corrected chi connectivity index (χ1v) is 7.42. The minimum atomic E-state index is -0.206. The molecule has 0 saturated carbocycles. The van der Waals surface area contributed by atoms with Gasteiger partial charge < -0.3 is 10.5 Å². The largest absolute Gasteiger partial charge is 0.374 e. The number of para-hydroxylation sites is 1. The summed E-state index contributed by atoms with van der Waals surface area (Å²) in [5.41, 5.74) is 8.17. The zero-order valence-electron chi connectivity index (χ0n) is 10.5. The molecule has 1 fully saturated rings. The number of rotatable bonds is 3. The van der Waals surface area contributed by atoms with E-state index in [0.717, 1.165) is 29.5 Å². The summed E-state index contributed by atoms with van der Waals surface area (Å²) in [4.78, 5) is 0. The number of nitrogens with two attached hydrogens (primary N) is 1. The van der Waals surface area contributed by atoms with E-state index < -0.39 is 0 Å². The van der Waals surface area contributed by atoms with Crippen LogP contribution >= 0.6 is 11.8 Å². The van der Waals surface area contributed by atoms with Crippen LogP contribution in [0.5, 0.6) is 0 Å². The molecule has 100 valence electrons. The zero-order valence-corrected chi connectivity index (χ0v) is 11.3. The van der Waals surface area contributed by atoms with Crippen molar-refractivity contribution in [1.29, 1.82) is 0 Å². The first kappa shape index (κ1) is 12.7. The number of nitrogens with zero attached hydrogens (tertiary/aromatic N) is 3. The molecule has 3 rings (SSSR count). The molecule has 19 heavy (non-hydrogen) atoms. The van der Waals surface area contributed by atoms with Crippen molar-refractivity contribution in [3.05, 3.63) is 42.2 Å². The van der Waals surface area contributed by atoms with Gasteiger partial charge in [0.05, 0.1) is 36.3 Å². The summed E-state index contributed by atoms with van der Waals surface area (Å²) in [7, 11) is 0. The molecule has 2 heterocycles. The minimum Gasteiger partial charge on any atom is -0.374 e. The van der Waals surface area contributed by atoms with E-state index >= 15 is 0 Å². The number of hydrogen-bond acceptors (Lipinski definition) is 5. The van der Waals surface area contributed by atoms with Crippen molar-refractivity contribution in [2.45, 2.75) is 12.1 Å². The van der Waals surface area contributed by atoms with E-state index in [0.29, 0.717) is 0 Å². The van der Waals surface area contributed by atoms with Gasteiger partial charge in [-0.25, -0.2) is 4.68 Å². The van der Waals surface area contributed by atoms with Crippen molar-refractivity contribution >= 4 is 11.8 Å². The van der Waals surface area contributed by atoms with Gasteiger partial charge in [0.1, 0.15) is 0 Å². The summed E-state index contributed by atoms with van der Waals surface area (Å²) in [6.45, 7) is 0.760. The van der Waals surface area contributed by atoms with Crippen LogP contribution in [0.3, 0.4) is 0 Å². The second-order valence-electron chi connectivity index (χ2n) is 4.42. The Balaban J connectivity index is 1.87. The Bertz CT molecular complexity index is 524. The summed E-state index contributed by atoms with van der Waals surface area (Å²) in [6, 6.07) is 9.69. The lowest BCUT2D eigenvalue weighted by Crippen LogP contribution is -2.35. The molecule has 1 saturated heterocycles. The maximum absolute atomic E-state index is 6.31. The van der Waals surface area contributed by atoms with Crippen molar-refractivity contribution in [2.75, 3.05) is 18.1 Å². The Morgan fingerprint density at radius 1 is 1.37 bits per heavy atom. The van der Waals surface area contributed by atoms with Crippen molar-refractivity contribution in [3.63, 3.8) is 0 Å². The average Bonchev–Trinajstić information content (AvgIpc) is 2.98. The second-order valence-corrected chi connectivity index (χ2v) is 5.57. The maximum atomic E-state index is 6.31. The topological polar surface area (TPSA) is 66.0 Å². The van der Waals surface area contributed by atoms with Gasteiger partial charge in [-0.15, -0.1) is 5.10 Å². The van der Waals surface area contributed by atoms with Crippen molar-refractivity contribution in [3.8, 4) is 5.69 Å². The van der Waals surface area contributed by atoms with Gasteiger partial charge in [0.2, 0.25) is 0 Å². The molecule has 5 nitrogen and oxygen atoms in total. The molecular formula is C13H16N4OS. The molecule has 1 aliphatic heterocycles. The first-order chi connectivity index (χ1) is 9.36. The fourth-order valence-corrected chi connectivity index (χ4v) is 3.06.